The minimum Gasteiger partial charge on any atom is -0.376 e. The number of carbonyl (C=O) groups is 1. The molecule has 28 heavy (non-hydrogen) atoms. The SMILES string of the molecule is O=C(NCc1ccccn1)c1ccc2c(=O)n(CC3CCCO3)c(=S)[nH]c2c1. The molecular formula is C20H20N4O3S. The third-order valence-corrected chi connectivity index (χ3v) is 5.13. The van der Waals surface area contributed by atoms with Gasteiger partial charge in [-0.2, -0.15) is 0 Å². The maximum Gasteiger partial charge on any atom is 0.262 e. The van der Waals surface area contributed by atoms with Gasteiger partial charge in [0.25, 0.3) is 11.5 Å². The van der Waals surface area contributed by atoms with Crippen molar-refractivity contribution in [3.05, 3.63) is 69.0 Å². The highest BCUT2D eigenvalue weighted by Gasteiger charge is 2.18. The molecule has 0 spiro atoms. The molecule has 0 saturated carbocycles. The zero-order valence-corrected chi connectivity index (χ0v) is 16.0. The monoisotopic (exact) mass is 396 g/mol. The van der Waals surface area contributed by atoms with E-state index in [4.69, 9.17) is 17.0 Å². The molecule has 2 N–H and O–H groups in total. The van der Waals surface area contributed by atoms with E-state index in [1.54, 1.807) is 24.4 Å². The second-order valence-electron chi connectivity index (χ2n) is 6.75. The highest BCUT2D eigenvalue weighted by Crippen LogP contribution is 2.15. The Morgan fingerprint density at radius 1 is 1.36 bits per heavy atom. The van der Waals surface area contributed by atoms with Gasteiger partial charge in [-0.3, -0.25) is 19.1 Å². The van der Waals surface area contributed by atoms with Gasteiger partial charge in [0, 0.05) is 18.4 Å². The lowest BCUT2D eigenvalue weighted by Gasteiger charge is -2.13. The first-order valence-electron chi connectivity index (χ1n) is 9.18. The number of hydrogen-bond donors (Lipinski definition) is 2. The van der Waals surface area contributed by atoms with Crippen LogP contribution in [0.15, 0.2) is 47.4 Å². The van der Waals surface area contributed by atoms with Crippen molar-refractivity contribution in [1.82, 2.24) is 19.9 Å². The van der Waals surface area contributed by atoms with E-state index >= 15 is 0 Å². The lowest BCUT2D eigenvalue weighted by Crippen LogP contribution is -2.28. The van der Waals surface area contributed by atoms with Crippen LogP contribution in [0, 0.1) is 4.77 Å². The molecule has 1 fully saturated rings. The summed E-state index contributed by atoms with van der Waals surface area (Å²) in [5.41, 5.74) is 1.59. The summed E-state index contributed by atoms with van der Waals surface area (Å²) >= 11 is 5.37. The molecule has 0 aliphatic carbocycles. The Balaban J connectivity index is 1.57. The van der Waals surface area contributed by atoms with Gasteiger partial charge in [-0.1, -0.05) is 6.07 Å². The number of ether oxygens (including phenoxy) is 1. The number of nitrogens with one attached hydrogen (secondary N) is 2. The third-order valence-electron chi connectivity index (χ3n) is 4.81. The largest absolute Gasteiger partial charge is 0.376 e. The molecule has 2 aromatic heterocycles. The van der Waals surface area contributed by atoms with Crippen molar-refractivity contribution in [2.45, 2.75) is 32.0 Å². The van der Waals surface area contributed by atoms with E-state index < -0.39 is 0 Å². The first-order valence-corrected chi connectivity index (χ1v) is 9.59. The highest BCUT2D eigenvalue weighted by molar-refractivity contribution is 7.71. The van der Waals surface area contributed by atoms with Crippen LogP contribution in [-0.2, 0) is 17.8 Å². The molecule has 1 aliphatic rings. The Kier molecular flexibility index (Phi) is 5.31. The van der Waals surface area contributed by atoms with Crippen LogP contribution in [0.25, 0.3) is 10.9 Å². The van der Waals surface area contributed by atoms with Crippen molar-refractivity contribution in [2.24, 2.45) is 0 Å². The number of fused-ring (bicyclic) bond motifs is 1. The lowest BCUT2D eigenvalue weighted by molar-refractivity contribution is 0.0950. The zero-order chi connectivity index (χ0) is 19.5. The number of nitrogens with zero attached hydrogens (tertiary/aromatic N) is 2. The van der Waals surface area contributed by atoms with Crippen LogP contribution in [0.3, 0.4) is 0 Å². The summed E-state index contributed by atoms with van der Waals surface area (Å²) in [5.74, 6) is -0.240. The predicted octanol–water partition coefficient (Wildman–Crippen LogP) is 2.56. The summed E-state index contributed by atoms with van der Waals surface area (Å²) in [7, 11) is 0. The van der Waals surface area contributed by atoms with Gasteiger partial charge in [-0.15, -0.1) is 0 Å². The van der Waals surface area contributed by atoms with Crippen molar-refractivity contribution in [1.29, 1.82) is 0 Å². The highest BCUT2D eigenvalue weighted by atomic mass is 32.1. The van der Waals surface area contributed by atoms with E-state index in [0.29, 0.717) is 34.3 Å². The molecule has 8 heteroatoms. The van der Waals surface area contributed by atoms with Crippen molar-refractivity contribution in [3.63, 3.8) is 0 Å². The van der Waals surface area contributed by atoms with Crippen molar-refractivity contribution < 1.29 is 9.53 Å². The van der Waals surface area contributed by atoms with E-state index in [-0.39, 0.29) is 17.6 Å². The number of aromatic nitrogens is 3. The molecule has 0 bridgehead atoms. The third kappa shape index (κ3) is 3.88. The van der Waals surface area contributed by atoms with Gasteiger partial charge in [-0.25, -0.2) is 0 Å². The molecule has 144 valence electrons. The van der Waals surface area contributed by atoms with Gasteiger partial charge in [-0.05, 0) is 55.4 Å². The average molecular weight is 396 g/mol. The predicted molar refractivity (Wildman–Crippen MR) is 108 cm³/mol. The number of benzene rings is 1. The van der Waals surface area contributed by atoms with Crippen LogP contribution in [0.5, 0.6) is 0 Å². The number of amides is 1. The minimum absolute atomic E-state index is 0.0156. The Morgan fingerprint density at radius 3 is 3.00 bits per heavy atom. The number of hydrogen-bond acceptors (Lipinski definition) is 5. The normalized spacial score (nSPS) is 16.4. The second kappa shape index (κ2) is 8.04. The number of aromatic amines is 1. The maximum absolute atomic E-state index is 12.8. The molecule has 1 atom stereocenters. The average Bonchev–Trinajstić information content (AvgIpc) is 3.23. The van der Waals surface area contributed by atoms with Crippen molar-refractivity contribution in [3.8, 4) is 0 Å². The molecule has 4 rings (SSSR count). The van der Waals surface area contributed by atoms with Gasteiger partial charge < -0.3 is 15.0 Å². The van der Waals surface area contributed by atoms with Crippen molar-refractivity contribution in [2.75, 3.05) is 6.61 Å². The number of H-pyrrole nitrogens is 1. The maximum atomic E-state index is 12.8. The van der Waals surface area contributed by atoms with Gasteiger partial charge in [0.05, 0.1) is 35.8 Å². The van der Waals surface area contributed by atoms with Gasteiger partial charge in [0.2, 0.25) is 0 Å². The molecule has 1 unspecified atom stereocenters. The molecule has 1 aromatic carbocycles. The van der Waals surface area contributed by atoms with E-state index in [2.05, 4.69) is 15.3 Å². The smallest absolute Gasteiger partial charge is 0.262 e. The quantitative estimate of drug-likeness (QED) is 0.647. The lowest BCUT2D eigenvalue weighted by atomic mass is 10.1. The van der Waals surface area contributed by atoms with Gasteiger partial charge in [0.1, 0.15) is 0 Å². The van der Waals surface area contributed by atoms with E-state index in [0.717, 1.165) is 25.1 Å². The first-order chi connectivity index (χ1) is 13.6. The Hall–Kier alpha value is -2.84. The summed E-state index contributed by atoms with van der Waals surface area (Å²) in [5, 5.41) is 3.32. The fourth-order valence-corrected chi connectivity index (χ4v) is 3.60. The number of carbonyl (C=O) groups excluding carboxylic acids is 1. The Labute approximate surface area is 166 Å². The summed E-state index contributed by atoms with van der Waals surface area (Å²) in [6.45, 7) is 1.49. The van der Waals surface area contributed by atoms with Crippen molar-refractivity contribution >= 4 is 29.0 Å². The van der Waals surface area contributed by atoms with Crippen LogP contribution < -0.4 is 10.9 Å². The fraction of sp³-hybridized carbons (Fsp3) is 0.300. The van der Waals surface area contributed by atoms with Crippen LogP contribution >= 0.6 is 12.2 Å². The van der Waals surface area contributed by atoms with E-state index in [1.165, 1.54) is 4.57 Å². The summed E-state index contributed by atoms with van der Waals surface area (Å²) in [4.78, 5) is 32.5. The molecule has 1 amide bonds. The zero-order valence-electron chi connectivity index (χ0n) is 15.2. The van der Waals surface area contributed by atoms with Crippen LogP contribution in [0.1, 0.15) is 28.9 Å². The van der Waals surface area contributed by atoms with Crippen LogP contribution in [0.2, 0.25) is 0 Å². The van der Waals surface area contributed by atoms with Gasteiger partial charge >= 0.3 is 0 Å². The molecule has 3 heterocycles. The fourth-order valence-electron chi connectivity index (χ4n) is 3.33. The van der Waals surface area contributed by atoms with Gasteiger partial charge in [0.15, 0.2) is 4.77 Å². The molecule has 0 radical (unpaired) electrons. The molecular weight excluding hydrogens is 376 g/mol. The summed E-state index contributed by atoms with van der Waals surface area (Å²) < 4.78 is 7.48. The molecule has 1 saturated heterocycles. The minimum atomic E-state index is -0.240. The molecule has 7 nitrogen and oxygen atoms in total. The topological polar surface area (TPSA) is 89.0 Å². The number of rotatable bonds is 5. The Bertz CT molecular complexity index is 1120. The number of pyridine rings is 1. The first kappa shape index (κ1) is 18.5. The standard InChI is InChI=1S/C20H20N4O3S/c25-18(22-11-14-4-1-2-8-21-14)13-6-7-16-17(10-13)23-20(28)24(19(16)26)12-15-5-3-9-27-15/h1-2,4,6-8,10,15H,3,5,9,11-12H2,(H,22,25)(H,23,28). The molecule has 1 aliphatic heterocycles. The van der Waals surface area contributed by atoms with Crippen LogP contribution in [0.4, 0.5) is 0 Å². The summed E-state index contributed by atoms with van der Waals surface area (Å²) in [6.07, 6.45) is 3.62. The van der Waals surface area contributed by atoms with E-state index in [9.17, 15) is 9.59 Å². The van der Waals surface area contributed by atoms with E-state index in [1.807, 2.05) is 18.2 Å². The molecule has 3 aromatic rings. The second-order valence-corrected chi connectivity index (χ2v) is 7.13. The Morgan fingerprint density at radius 2 is 2.25 bits per heavy atom. The van der Waals surface area contributed by atoms with Crippen LogP contribution in [-0.4, -0.2) is 33.2 Å². The summed E-state index contributed by atoms with van der Waals surface area (Å²) in [6, 6.07) is 10.5.